The topological polar surface area (TPSA) is 188 Å². The van der Waals surface area contributed by atoms with Gasteiger partial charge in [0.25, 0.3) is 0 Å². The fourth-order valence-corrected chi connectivity index (χ4v) is 6.08. The zero-order valence-electron chi connectivity index (χ0n) is 15.9. The number of hydrogen-bond donors (Lipinski definition) is 4. The Morgan fingerprint density at radius 2 is 1.90 bits per heavy atom. The molecular weight excluding hydrogens is 460 g/mol. The molecule has 1 aromatic rings. The number of hydrogen-bond acceptors (Lipinski definition) is 9. The number of carbonyl (C=O) groups excluding carboxylic acids is 3. The highest BCUT2D eigenvalue weighted by Crippen LogP contribution is 2.46. The van der Waals surface area contributed by atoms with Crippen LogP contribution >= 0.6 is 11.6 Å². The number of nitrogens with one attached hydrogen (secondary N) is 1. The van der Waals surface area contributed by atoms with Gasteiger partial charge in [-0.3, -0.25) is 9.59 Å². The van der Waals surface area contributed by atoms with Crippen molar-refractivity contribution in [2.75, 3.05) is 13.2 Å². The maximum Gasteiger partial charge on any atom is 0.407 e. The predicted octanol–water partition coefficient (Wildman–Crippen LogP) is -0.141. The van der Waals surface area contributed by atoms with Gasteiger partial charge in [0.05, 0.1) is 18.0 Å². The third kappa shape index (κ3) is 3.53. The molecule has 2 heterocycles. The van der Waals surface area contributed by atoms with Crippen molar-refractivity contribution >= 4 is 45.2 Å². The summed E-state index contributed by atoms with van der Waals surface area (Å²) < 4.78 is 28.2. The highest BCUT2D eigenvalue weighted by molar-refractivity contribution is 7.94. The lowest BCUT2D eigenvalue weighted by Crippen LogP contribution is -2.58. The molecule has 1 aromatic carbocycles. The van der Waals surface area contributed by atoms with E-state index in [0.717, 1.165) is 24.0 Å². The zero-order chi connectivity index (χ0) is 23.3. The van der Waals surface area contributed by atoms with Gasteiger partial charge in [-0.05, 0) is 13.0 Å². The number of aromatic hydroxyl groups is 2. The highest BCUT2D eigenvalue weighted by Gasteiger charge is 2.70. The van der Waals surface area contributed by atoms with Gasteiger partial charge in [-0.2, -0.15) is 0 Å². The van der Waals surface area contributed by atoms with Crippen molar-refractivity contribution in [1.29, 1.82) is 0 Å². The number of rotatable bonds is 6. The molecule has 12 nitrogen and oxygen atoms in total. The number of ether oxygens (including phenoxy) is 1. The summed E-state index contributed by atoms with van der Waals surface area (Å²) in [4.78, 5) is 48.3. The number of carbonyl (C=O) groups is 4. The van der Waals surface area contributed by atoms with Crippen molar-refractivity contribution in [2.24, 2.45) is 0 Å². The molecule has 0 saturated carbocycles. The van der Waals surface area contributed by atoms with E-state index in [0.29, 0.717) is 0 Å². The van der Waals surface area contributed by atoms with Crippen LogP contribution < -0.4 is 5.32 Å². The van der Waals surface area contributed by atoms with Crippen molar-refractivity contribution in [3.63, 3.8) is 0 Å². The number of halogens is 1. The van der Waals surface area contributed by atoms with E-state index in [1.54, 1.807) is 0 Å². The average Bonchev–Trinajstić information content (AvgIpc) is 2.82. The minimum atomic E-state index is -4.16. The van der Waals surface area contributed by atoms with Gasteiger partial charge in [-0.15, -0.1) is 0 Å². The number of phenolic OH excluding ortho intramolecular Hbond substituents is 2. The van der Waals surface area contributed by atoms with Crippen LogP contribution in [0, 0.1) is 0 Å². The first-order chi connectivity index (χ1) is 14.3. The zero-order valence-corrected chi connectivity index (χ0v) is 17.4. The van der Waals surface area contributed by atoms with E-state index in [1.807, 2.05) is 0 Å². The normalized spacial score (nSPS) is 26.0. The first-order valence-electron chi connectivity index (χ1n) is 8.74. The second-order valence-corrected chi connectivity index (χ2v) is 10.2. The second-order valence-electron chi connectivity index (χ2n) is 7.23. The van der Waals surface area contributed by atoms with Gasteiger partial charge in [0.1, 0.15) is 16.7 Å². The van der Waals surface area contributed by atoms with E-state index < -0.39 is 74.4 Å². The molecule has 0 bridgehead atoms. The molecular formula is C17H17ClN2O10S. The third-order valence-corrected chi connectivity index (χ3v) is 8.36. The van der Waals surface area contributed by atoms with Crippen LogP contribution in [0.5, 0.6) is 11.5 Å². The minimum Gasteiger partial charge on any atom is -0.504 e. The number of ketones is 1. The van der Waals surface area contributed by atoms with E-state index in [-0.39, 0.29) is 17.0 Å². The van der Waals surface area contributed by atoms with E-state index in [9.17, 15) is 42.9 Å². The van der Waals surface area contributed by atoms with Gasteiger partial charge in [-0.25, -0.2) is 18.0 Å². The molecule has 0 spiro atoms. The Hall–Kier alpha value is -3.06. The summed E-state index contributed by atoms with van der Waals surface area (Å²) in [6.45, 7) is -0.445. The van der Waals surface area contributed by atoms with Crippen LogP contribution in [0.25, 0.3) is 0 Å². The summed E-state index contributed by atoms with van der Waals surface area (Å²) in [6.07, 6.45) is -1.56. The van der Waals surface area contributed by atoms with Crippen molar-refractivity contribution < 1.29 is 47.7 Å². The third-order valence-electron chi connectivity index (χ3n) is 5.29. The fourth-order valence-electron chi connectivity index (χ4n) is 3.55. The summed E-state index contributed by atoms with van der Waals surface area (Å²) in [6, 6.07) is 0.111. The van der Waals surface area contributed by atoms with Crippen molar-refractivity contribution in [1.82, 2.24) is 10.2 Å². The largest absolute Gasteiger partial charge is 0.504 e. The number of Topliss-reactive ketones (excluding diaryl/α,β-unsaturated/α-hetero) is 1. The molecule has 2 saturated heterocycles. The first-order valence-corrected chi connectivity index (χ1v) is 10.7. The fraction of sp³-hybridized carbons (Fsp3) is 0.412. The average molecular weight is 477 g/mol. The summed E-state index contributed by atoms with van der Waals surface area (Å²) in [5.74, 6) is -4.09. The maximum atomic E-state index is 12.7. The lowest BCUT2D eigenvalue weighted by atomic mass is 9.97. The molecule has 2 aliphatic heterocycles. The van der Waals surface area contributed by atoms with Gasteiger partial charge in [-0.1, -0.05) is 11.6 Å². The van der Waals surface area contributed by atoms with E-state index in [4.69, 9.17) is 16.3 Å². The van der Waals surface area contributed by atoms with Gasteiger partial charge < -0.3 is 30.3 Å². The number of carboxylic acids is 1. The van der Waals surface area contributed by atoms with Crippen LogP contribution in [0.3, 0.4) is 0 Å². The molecule has 3 rings (SSSR count). The first kappa shape index (κ1) is 22.6. The number of phenols is 2. The lowest BCUT2D eigenvalue weighted by Gasteiger charge is -2.35. The molecule has 0 aromatic heterocycles. The Bertz CT molecular complexity index is 1100. The molecule has 14 heteroatoms. The lowest BCUT2D eigenvalue weighted by molar-refractivity contribution is -0.158. The SMILES string of the molecule is C[C@]1(COC(=O)NCC(=O)c2cc(O)c(O)cc2Cl)[C@H](C(=O)O)N2C(=O)C[C@H]2S1(=O)=O. The molecule has 2 fully saturated rings. The molecule has 4 N–H and O–H groups in total. The summed E-state index contributed by atoms with van der Waals surface area (Å²) in [7, 11) is -4.16. The number of amides is 2. The quantitative estimate of drug-likeness (QED) is 0.244. The van der Waals surface area contributed by atoms with Crippen LogP contribution in [-0.4, -0.2) is 81.7 Å². The van der Waals surface area contributed by atoms with Gasteiger partial charge >= 0.3 is 12.1 Å². The van der Waals surface area contributed by atoms with Crippen LogP contribution in [0.15, 0.2) is 12.1 Å². The Morgan fingerprint density at radius 3 is 2.48 bits per heavy atom. The summed E-state index contributed by atoms with van der Waals surface area (Å²) in [5.41, 5.74) is -0.198. The molecule has 0 unspecified atom stereocenters. The van der Waals surface area contributed by atoms with E-state index >= 15 is 0 Å². The van der Waals surface area contributed by atoms with Crippen LogP contribution in [0.4, 0.5) is 4.79 Å². The number of carboxylic acid groups (broad SMARTS) is 1. The Balaban J connectivity index is 1.66. The molecule has 2 amide bonds. The number of aliphatic carboxylic acids is 1. The molecule has 3 atom stereocenters. The monoisotopic (exact) mass is 476 g/mol. The molecule has 0 radical (unpaired) electrons. The Morgan fingerprint density at radius 1 is 1.29 bits per heavy atom. The van der Waals surface area contributed by atoms with Crippen molar-refractivity contribution in [2.45, 2.75) is 29.5 Å². The van der Waals surface area contributed by atoms with Gasteiger partial charge in [0, 0.05) is 11.6 Å². The van der Waals surface area contributed by atoms with Crippen molar-refractivity contribution in [3.05, 3.63) is 22.7 Å². The van der Waals surface area contributed by atoms with Gasteiger partial charge in [0.2, 0.25) is 5.91 Å². The number of fused-ring (bicyclic) bond motifs is 1. The number of nitrogens with zero attached hydrogens (tertiary/aromatic N) is 1. The standard InChI is InChI=1S/C17H17ClN2O10S/c1-17(14(15(25)26)20-12(24)4-13(20)31(17,28)29)6-30-16(27)19-5-11(23)7-2-9(21)10(22)3-8(7)18/h2-3,13-14,21-22H,4-6H2,1H3,(H,19,27)(H,25,26)/t13-,14+,17+/m1/s1. The minimum absolute atomic E-state index is 0.182. The Labute approximate surface area is 180 Å². The van der Waals surface area contributed by atoms with Crippen LogP contribution in [-0.2, 0) is 24.2 Å². The number of β-lactam (4-membered cyclic amide) rings is 1. The van der Waals surface area contributed by atoms with Crippen LogP contribution in [0.2, 0.25) is 5.02 Å². The summed E-state index contributed by atoms with van der Waals surface area (Å²) in [5, 5.41) is 28.8. The van der Waals surface area contributed by atoms with Crippen molar-refractivity contribution in [3.8, 4) is 11.5 Å². The second kappa shape index (κ2) is 7.57. The highest BCUT2D eigenvalue weighted by atomic mass is 35.5. The predicted molar refractivity (Wildman–Crippen MR) is 102 cm³/mol. The van der Waals surface area contributed by atoms with Crippen LogP contribution in [0.1, 0.15) is 23.7 Å². The maximum absolute atomic E-state index is 12.7. The molecule has 168 valence electrons. The van der Waals surface area contributed by atoms with Gasteiger partial charge in [0.15, 0.2) is 33.2 Å². The smallest absolute Gasteiger partial charge is 0.407 e. The molecule has 2 aliphatic rings. The van der Waals surface area contributed by atoms with E-state index in [2.05, 4.69) is 5.32 Å². The number of sulfone groups is 1. The molecule has 31 heavy (non-hydrogen) atoms. The summed E-state index contributed by atoms with van der Waals surface area (Å²) >= 11 is 5.81. The number of alkyl carbamates (subject to hydrolysis) is 1. The number of benzene rings is 1. The van der Waals surface area contributed by atoms with E-state index in [1.165, 1.54) is 0 Å². The Kier molecular flexibility index (Phi) is 5.52. The molecule has 0 aliphatic carbocycles.